The highest BCUT2D eigenvalue weighted by Gasteiger charge is 2.42. The zero-order valence-electron chi connectivity index (χ0n) is 10.3. The summed E-state index contributed by atoms with van der Waals surface area (Å²) < 4.78 is 11.7. The molecule has 0 radical (unpaired) electrons. The molecule has 4 heteroatoms. The molecular weight excluding hydrogens is 206 g/mol. The molecule has 1 heterocycles. The quantitative estimate of drug-likeness (QED) is 0.681. The van der Waals surface area contributed by atoms with Crippen molar-refractivity contribution >= 4 is 8.32 Å². The molecule has 0 N–H and O–H groups in total. The van der Waals surface area contributed by atoms with Crippen molar-refractivity contribution in [3.63, 3.8) is 0 Å². The Labute approximate surface area is 93.5 Å². The first-order valence-corrected chi connectivity index (χ1v) is 8.94. The summed E-state index contributed by atoms with van der Waals surface area (Å²) in [5.74, 6) is 0. The number of hydrogen-bond donors (Lipinski definition) is 0. The predicted molar refractivity (Wildman–Crippen MR) is 62.0 cm³/mol. The molecule has 0 saturated carbocycles. The fraction of sp³-hybridized carbons (Fsp3) is 0.909. The van der Waals surface area contributed by atoms with Crippen LogP contribution in [0.1, 0.15) is 26.7 Å². The largest absolute Gasteiger partial charge is 0.400 e. The minimum Gasteiger partial charge on any atom is -0.400 e. The van der Waals surface area contributed by atoms with Gasteiger partial charge in [-0.25, -0.2) is 0 Å². The van der Waals surface area contributed by atoms with Crippen molar-refractivity contribution in [2.45, 2.75) is 64.1 Å². The SMILES string of the molecule is CC1CC(C#N)(O[Si](C)(C)C)CC(C)O1. The molecule has 0 spiro atoms. The van der Waals surface area contributed by atoms with Gasteiger partial charge in [0.25, 0.3) is 0 Å². The van der Waals surface area contributed by atoms with Gasteiger partial charge in [0.1, 0.15) is 5.60 Å². The Balaban J connectivity index is 2.80. The van der Waals surface area contributed by atoms with Crippen LogP contribution in [0.25, 0.3) is 0 Å². The second kappa shape index (κ2) is 4.24. The monoisotopic (exact) mass is 227 g/mol. The topological polar surface area (TPSA) is 42.2 Å². The summed E-state index contributed by atoms with van der Waals surface area (Å²) in [5.41, 5.74) is -0.610. The molecule has 0 aromatic heterocycles. The Morgan fingerprint density at radius 3 is 2.07 bits per heavy atom. The number of ether oxygens (including phenoxy) is 1. The number of nitrogens with zero attached hydrogens (tertiary/aromatic N) is 1. The number of rotatable bonds is 2. The summed E-state index contributed by atoms with van der Waals surface area (Å²) in [6.07, 6.45) is 1.62. The normalized spacial score (nSPS) is 37.3. The molecule has 1 fully saturated rings. The van der Waals surface area contributed by atoms with Crippen LogP contribution in [-0.4, -0.2) is 26.1 Å². The molecule has 0 aromatic rings. The Hall–Kier alpha value is -0.373. The Bertz CT molecular complexity index is 257. The fourth-order valence-corrected chi connectivity index (χ4v) is 3.67. The van der Waals surface area contributed by atoms with E-state index < -0.39 is 13.9 Å². The Morgan fingerprint density at radius 2 is 1.73 bits per heavy atom. The first-order chi connectivity index (χ1) is 6.76. The number of nitriles is 1. The average Bonchev–Trinajstić information content (AvgIpc) is 1.98. The molecule has 0 amide bonds. The molecular formula is C11H21NO2Si. The van der Waals surface area contributed by atoms with Crippen LogP contribution in [0, 0.1) is 11.3 Å². The molecule has 1 saturated heterocycles. The van der Waals surface area contributed by atoms with Gasteiger partial charge in [-0.1, -0.05) is 0 Å². The van der Waals surface area contributed by atoms with Crippen LogP contribution in [0.2, 0.25) is 19.6 Å². The first kappa shape index (κ1) is 12.7. The van der Waals surface area contributed by atoms with E-state index in [2.05, 4.69) is 25.7 Å². The molecule has 0 bridgehead atoms. The molecule has 1 aliphatic heterocycles. The van der Waals surface area contributed by atoms with Gasteiger partial charge in [0, 0.05) is 12.8 Å². The predicted octanol–water partition coefficient (Wildman–Crippen LogP) is 2.69. The van der Waals surface area contributed by atoms with Crippen LogP contribution in [0.5, 0.6) is 0 Å². The lowest BCUT2D eigenvalue weighted by Crippen LogP contribution is -2.49. The third kappa shape index (κ3) is 3.60. The minimum absolute atomic E-state index is 0.116. The number of hydrogen-bond acceptors (Lipinski definition) is 3. The van der Waals surface area contributed by atoms with Crippen LogP contribution in [0.4, 0.5) is 0 Å². The molecule has 86 valence electrons. The summed E-state index contributed by atoms with van der Waals surface area (Å²) in [6.45, 7) is 10.4. The van der Waals surface area contributed by atoms with Crippen molar-refractivity contribution in [2.24, 2.45) is 0 Å². The van der Waals surface area contributed by atoms with Crippen molar-refractivity contribution in [3.8, 4) is 6.07 Å². The standard InChI is InChI=1S/C11H21NO2Si/c1-9-6-11(8-12,7-10(2)13-9)14-15(3,4)5/h9-10H,6-7H2,1-5H3. The third-order valence-electron chi connectivity index (χ3n) is 2.40. The first-order valence-electron chi connectivity index (χ1n) is 5.53. The van der Waals surface area contributed by atoms with Gasteiger partial charge in [-0.05, 0) is 33.5 Å². The lowest BCUT2D eigenvalue weighted by molar-refractivity contribution is -0.0998. The smallest absolute Gasteiger partial charge is 0.185 e. The van der Waals surface area contributed by atoms with Crippen LogP contribution >= 0.6 is 0 Å². The maximum absolute atomic E-state index is 9.33. The minimum atomic E-state index is -1.68. The molecule has 1 rings (SSSR count). The van der Waals surface area contributed by atoms with Crippen LogP contribution in [-0.2, 0) is 9.16 Å². The lowest BCUT2D eigenvalue weighted by Gasteiger charge is -2.41. The van der Waals surface area contributed by atoms with Crippen LogP contribution in [0.15, 0.2) is 0 Å². The van der Waals surface area contributed by atoms with E-state index in [9.17, 15) is 5.26 Å². The van der Waals surface area contributed by atoms with Crippen molar-refractivity contribution in [3.05, 3.63) is 0 Å². The van der Waals surface area contributed by atoms with Gasteiger partial charge in [-0.3, -0.25) is 0 Å². The summed E-state index contributed by atoms with van der Waals surface area (Å²) in [5, 5.41) is 9.33. The van der Waals surface area contributed by atoms with Gasteiger partial charge in [0.05, 0.1) is 18.3 Å². The maximum Gasteiger partial charge on any atom is 0.185 e. The Morgan fingerprint density at radius 1 is 1.27 bits per heavy atom. The highest BCUT2D eigenvalue weighted by Crippen LogP contribution is 2.34. The second-order valence-electron chi connectivity index (χ2n) is 5.49. The van der Waals surface area contributed by atoms with Gasteiger partial charge >= 0.3 is 0 Å². The van der Waals surface area contributed by atoms with E-state index in [4.69, 9.17) is 9.16 Å². The van der Waals surface area contributed by atoms with Gasteiger partial charge in [0.15, 0.2) is 8.32 Å². The van der Waals surface area contributed by atoms with Crippen molar-refractivity contribution in [1.82, 2.24) is 0 Å². The van der Waals surface area contributed by atoms with E-state index in [1.165, 1.54) is 0 Å². The molecule has 2 unspecified atom stereocenters. The highest BCUT2D eigenvalue weighted by atomic mass is 28.4. The van der Waals surface area contributed by atoms with E-state index in [1.54, 1.807) is 0 Å². The summed E-state index contributed by atoms with van der Waals surface area (Å²) in [4.78, 5) is 0. The third-order valence-corrected chi connectivity index (χ3v) is 3.41. The van der Waals surface area contributed by atoms with E-state index in [-0.39, 0.29) is 12.2 Å². The maximum atomic E-state index is 9.33. The van der Waals surface area contributed by atoms with Crippen molar-refractivity contribution < 1.29 is 9.16 Å². The summed E-state index contributed by atoms with van der Waals surface area (Å²) >= 11 is 0. The van der Waals surface area contributed by atoms with Gasteiger partial charge in [-0.2, -0.15) is 5.26 Å². The summed E-state index contributed by atoms with van der Waals surface area (Å²) in [6, 6.07) is 2.37. The van der Waals surface area contributed by atoms with E-state index in [1.807, 2.05) is 13.8 Å². The molecule has 0 aromatic carbocycles. The van der Waals surface area contributed by atoms with Gasteiger partial charge < -0.3 is 9.16 Å². The van der Waals surface area contributed by atoms with Crippen LogP contribution in [0.3, 0.4) is 0 Å². The zero-order valence-corrected chi connectivity index (χ0v) is 11.3. The van der Waals surface area contributed by atoms with Crippen molar-refractivity contribution in [1.29, 1.82) is 5.26 Å². The van der Waals surface area contributed by atoms with E-state index in [0.29, 0.717) is 12.8 Å². The highest BCUT2D eigenvalue weighted by molar-refractivity contribution is 6.69. The van der Waals surface area contributed by atoms with Crippen molar-refractivity contribution in [2.75, 3.05) is 0 Å². The Kier molecular flexibility index (Phi) is 3.59. The second-order valence-corrected chi connectivity index (χ2v) is 9.91. The molecule has 0 aliphatic carbocycles. The van der Waals surface area contributed by atoms with Crippen LogP contribution < -0.4 is 0 Å². The average molecular weight is 227 g/mol. The fourth-order valence-electron chi connectivity index (χ4n) is 2.29. The molecule has 15 heavy (non-hydrogen) atoms. The lowest BCUT2D eigenvalue weighted by atomic mass is 9.89. The van der Waals surface area contributed by atoms with Gasteiger partial charge in [0.2, 0.25) is 0 Å². The molecule has 3 nitrogen and oxygen atoms in total. The van der Waals surface area contributed by atoms with E-state index >= 15 is 0 Å². The molecule has 1 aliphatic rings. The van der Waals surface area contributed by atoms with E-state index in [0.717, 1.165) is 0 Å². The van der Waals surface area contributed by atoms with Gasteiger partial charge in [-0.15, -0.1) is 0 Å². The molecule has 2 atom stereocenters. The zero-order chi connectivity index (χ0) is 11.7. The summed E-state index contributed by atoms with van der Waals surface area (Å²) in [7, 11) is -1.68.